The van der Waals surface area contributed by atoms with E-state index in [1.807, 2.05) is 88.4 Å². The highest BCUT2D eigenvalue weighted by Crippen LogP contribution is 2.43. The smallest absolute Gasteiger partial charge is 0.330 e. The topological polar surface area (TPSA) is 108 Å². The Labute approximate surface area is 448 Å². The van der Waals surface area contributed by atoms with Crippen LogP contribution in [-0.2, 0) is 38.0 Å². The van der Waals surface area contributed by atoms with Gasteiger partial charge in [0.15, 0.2) is 0 Å². The number of hydrogen-bond donors (Lipinski definition) is 0. The summed E-state index contributed by atoms with van der Waals surface area (Å²) in [4.78, 5) is 24.5. The van der Waals surface area contributed by atoms with E-state index in [4.69, 9.17) is 37.9 Å². The summed E-state index contributed by atoms with van der Waals surface area (Å²) in [5.41, 5.74) is -1.25. The van der Waals surface area contributed by atoms with E-state index in [1.165, 1.54) is 12.2 Å². The fourth-order valence-electron chi connectivity index (χ4n) is 8.73. The van der Waals surface area contributed by atoms with Crippen LogP contribution < -0.4 is 9.47 Å². The third-order valence-electron chi connectivity index (χ3n) is 15.8. The van der Waals surface area contributed by atoms with Gasteiger partial charge in [0.25, 0.3) is 0 Å². The first kappa shape index (κ1) is 63.8. The number of carbonyl (C=O) groups excluding carboxylic acids is 2. The number of rotatable bonds is 36. The van der Waals surface area contributed by atoms with Crippen molar-refractivity contribution in [2.24, 2.45) is 10.8 Å². The zero-order valence-corrected chi connectivity index (χ0v) is 48.8. The molecule has 0 fully saturated rings. The molecule has 0 bridgehead atoms. The molecule has 3 aromatic carbocycles. The second-order valence-corrected chi connectivity index (χ2v) is 24.6. The number of carbonyl (C=O) groups is 2. The average Bonchev–Trinajstić information content (AvgIpc) is 3.31. The molecule has 0 saturated carbocycles. The van der Waals surface area contributed by atoms with Crippen LogP contribution in [0.15, 0.2) is 110 Å². The van der Waals surface area contributed by atoms with Gasteiger partial charge in [-0.1, -0.05) is 114 Å². The lowest BCUT2D eigenvalue weighted by Gasteiger charge is -2.44. The van der Waals surface area contributed by atoms with E-state index in [-0.39, 0.29) is 33.9 Å². The van der Waals surface area contributed by atoms with Gasteiger partial charge in [-0.2, -0.15) is 0 Å². The van der Waals surface area contributed by atoms with Gasteiger partial charge in [0.05, 0.1) is 48.8 Å². The summed E-state index contributed by atoms with van der Waals surface area (Å²) >= 11 is 0. The highest BCUT2D eigenvalue weighted by atomic mass is 16.6. The summed E-state index contributed by atoms with van der Waals surface area (Å²) < 4.78 is 50.0. The van der Waals surface area contributed by atoms with E-state index in [2.05, 4.69) is 121 Å². The Kier molecular flexibility index (Phi) is 24.2. The number of hydrogen-bond acceptors (Lipinski definition) is 10. The van der Waals surface area contributed by atoms with Crippen LogP contribution in [0.4, 0.5) is 0 Å². The zero-order valence-electron chi connectivity index (χ0n) is 48.8. The summed E-state index contributed by atoms with van der Waals surface area (Å²) in [5.74, 6) is 0.381. The number of unbranched alkanes of at least 4 members (excludes halogenated alkanes) is 2. The summed E-state index contributed by atoms with van der Waals surface area (Å²) in [6.45, 7) is 44.3. The molecule has 0 aliphatic rings. The molecule has 0 N–H and O–H groups in total. The van der Waals surface area contributed by atoms with Crippen LogP contribution in [0.25, 0.3) is 0 Å². The molecular formula is C64H98O10. The molecule has 0 radical (unpaired) electrons. The first-order valence-corrected chi connectivity index (χ1v) is 27.1. The predicted molar refractivity (Wildman–Crippen MR) is 301 cm³/mol. The molecule has 3 aromatic rings. The van der Waals surface area contributed by atoms with E-state index < -0.39 is 34.3 Å². The number of ether oxygens (including phenoxy) is 8. The highest BCUT2D eigenvalue weighted by molar-refractivity contribution is 5.82. The standard InChI is InChI=1S/C64H98O10/c1-19-55(65)73-61(11,12)53(49-31-23-21-24-32-49)47-71-63(15,16)57(3,4)39-27-29-43-69-59(7,8)41-45-67-51-35-37-52(38-36-51)68-46-42-60(9,10)70-44-30-28-40-58(5,6)64(17,18)72-48-54(50-33-25-22-26-34-50)62(13,14)74-56(66)20-2/h19-26,31-38,53-54H,1-2,27-30,39-48H2,3-18H3. The summed E-state index contributed by atoms with van der Waals surface area (Å²) in [6, 6.07) is 28.0. The molecule has 414 valence electrons. The Hall–Kier alpha value is -4.48. The molecule has 10 nitrogen and oxygen atoms in total. The van der Waals surface area contributed by atoms with Gasteiger partial charge >= 0.3 is 11.9 Å². The number of esters is 2. The van der Waals surface area contributed by atoms with E-state index in [9.17, 15) is 9.59 Å². The minimum absolute atomic E-state index is 0.122. The lowest BCUT2D eigenvalue weighted by Crippen LogP contribution is -2.45. The second kappa shape index (κ2) is 28.1. The Morgan fingerprint density at radius 3 is 1.07 bits per heavy atom. The third-order valence-corrected chi connectivity index (χ3v) is 15.8. The van der Waals surface area contributed by atoms with Gasteiger partial charge in [0.2, 0.25) is 0 Å². The lowest BCUT2D eigenvalue weighted by atomic mass is 9.73. The Morgan fingerprint density at radius 2 is 0.757 bits per heavy atom. The largest absolute Gasteiger partial charge is 0.493 e. The molecule has 2 atom stereocenters. The fourth-order valence-corrected chi connectivity index (χ4v) is 8.73. The molecular weight excluding hydrogens is 929 g/mol. The Morgan fingerprint density at radius 1 is 0.432 bits per heavy atom. The lowest BCUT2D eigenvalue weighted by molar-refractivity contribution is -0.160. The van der Waals surface area contributed by atoms with Crippen molar-refractivity contribution in [2.45, 2.75) is 208 Å². The van der Waals surface area contributed by atoms with Crippen molar-refractivity contribution < 1.29 is 47.5 Å². The number of benzene rings is 3. The van der Waals surface area contributed by atoms with Crippen molar-refractivity contribution in [1.29, 1.82) is 0 Å². The maximum atomic E-state index is 12.2. The fraction of sp³-hybridized carbons (Fsp3) is 0.625. The van der Waals surface area contributed by atoms with Gasteiger partial charge in [0, 0.05) is 50.0 Å². The van der Waals surface area contributed by atoms with Crippen LogP contribution in [0.2, 0.25) is 0 Å². The quantitative estimate of drug-likeness (QED) is 0.0317. The molecule has 0 aromatic heterocycles. The summed E-state index contributed by atoms with van der Waals surface area (Å²) in [6.07, 6.45) is 9.75. The van der Waals surface area contributed by atoms with Gasteiger partial charge in [-0.3, -0.25) is 0 Å². The highest BCUT2D eigenvalue weighted by Gasteiger charge is 2.43. The molecule has 0 saturated heterocycles. The molecule has 0 aliphatic heterocycles. The average molecular weight is 1030 g/mol. The Bertz CT molecular complexity index is 1980. The van der Waals surface area contributed by atoms with Gasteiger partial charge in [-0.25, -0.2) is 9.59 Å². The van der Waals surface area contributed by atoms with Gasteiger partial charge < -0.3 is 37.9 Å². The van der Waals surface area contributed by atoms with Crippen molar-refractivity contribution in [1.82, 2.24) is 0 Å². The van der Waals surface area contributed by atoms with Crippen LogP contribution >= 0.6 is 0 Å². The van der Waals surface area contributed by atoms with Crippen LogP contribution in [-0.4, -0.2) is 85.2 Å². The van der Waals surface area contributed by atoms with Crippen LogP contribution in [0, 0.1) is 10.8 Å². The van der Waals surface area contributed by atoms with Gasteiger partial charge in [-0.15, -0.1) is 0 Å². The molecule has 0 aliphatic carbocycles. The van der Waals surface area contributed by atoms with Crippen molar-refractivity contribution in [3.05, 3.63) is 121 Å². The van der Waals surface area contributed by atoms with E-state index in [0.717, 1.165) is 74.0 Å². The monoisotopic (exact) mass is 1030 g/mol. The molecule has 0 amide bonds. The van der Waals surface area contributed by atoms with E-state index in [1.54, 1.807) is 0 Å². The van der Waals surface area contributed by atoms with E-state index >= 15 is 0 Å². The maximum absolute atomic E-state index is 12.2. The molecule has 0 spiro atoms. The van der Waals surface area contributed by atoms with Crippen LogP contribution in [0.5, 0.6) is 11.5 Å². The second-order valence-electron chi connectivity index (χ2n) is 24.6. The minimum atomic E-state index is -0.793. The maximum Gasteiger partial charge on any atom is 0.330 e. The van der Waals surface area contributed by atoms with Crippen molar-refractivity contribution >= 4 is 11.9 Å². The molecule has 10 heteroatoms. The first-order chi connectivity index (χ1) is 34.4. The molecule has 3 rings (SSSR count). The predicted octanol–water partition coefficient (Wildman–Crippen LogP) is 15.4. The summed E-state index contributed by atoms with van der Waals surface area (Å²) in [5, 5.41) is 0. The molecule has 74 heavy (non-hydrogen) atoms. The summed E-state index contributed by atoms with van der Waals surface area (Å²) in [7, 11) is 0. The minimum Gasteiger partial charge on any atom is -0.493 e. The van der Waals surface area contributed by atoms with Crippen molar-refractivity contribution in [2.75, 3.05) is 39.6 Å². The molecule has 0 heterocycles. The van der Waals surface area contributed by atoms with Gasteiger partial charge in [-0.05, 0) is 155 Å². The molecule has 2 unspecified atom stereocenters. The van der Waals surface area contributed by atoms with Crippen molar-refractivity contribution in [3.8, 4) is 11.5 Å². The Balaban J connectivity index is 1.34. The zero-order chi connectivity index (χ0) is 55.5. The van der Waals surface area contributed by atoms with Crippen LogP contribution in [0.1, 0.15) is 185 Å². The van der Waals surface area contributed by atoms with Crippen LogP contribution in [0.3, 0.4) is 0 Å². The first-order valence-electron chi connectivity index (χ1n) is 27.1. The van der Waals surface area contributed by atoms with Gasteiger partial charge in [0.1, 0.15) is 22.7 Å². The normalized spacial score (nSPS) is 13.9. The SMILES string of the molecule is C=CC(=O)OC(C)(C)C(COC(C)(C)C(C)(C)CCCCOC(C)(C)CCOc1ccc(OCCC(C)(C)OCCCCC(C)(C)C(C)(C)OCC(c2ccccc2)C(C)(C)OC(=O)C=C)cc1)c1ccccc1. The third kappa shape index (κ3) is 20.9. The van der Waals surface area contributed by atoms with Crippen molar-refractivity contribution in [3.63, 3.8) is 0 Å². The van der Waals surface area contributed by atoms with E-state index in [0.29, 0.717) is 39.6 Å².